The van der Waals surface area contributed by atoms with Gasteiger partial charge in [0.1, 0.15) is 0 Å². The number of hydrogen-bond acceptors (Lipinski definition) is 1. The molecule has 0 saturated carbocycles. The Morgan fingerprint density at radius 3 is 3.08 bits per heavy atom. The minimum absolute atomic E-state index is 0.522. The fraction of sp³-hybridized carbons (Fsp3) is 0.333. The van der Waals surface area contributed by atoms with Crippen molar-refractivity contribution in [1.29, 1.82) is 0 Å². The Labute approximate surface area is 79.2 Å². The highest BCUT2D eigenvalue weighted by Gasteiger charge is 2.15. The second-order valence-corrected chi connectivity index (χ2v) is 3.42. The highest BCUT2D eigenvalue weighted by Crippen LogP contribution is 2.23. The largest absolute Gasteiger partial charge is 0.310 e. The zero-order valence-electron chi connectivity index (χ0n) is 7.59. The monoisotopic (exact) mass is 171 g/mol. The third-order valence-corrected chi connectivity index (χ3v) is 2.52. The first-order chi connectivity index (χ1) is 6.40. The SMILES string of the molecule is C#Cc1cccc([C@H]2CCCN2)c1. The van der Waals surface area contributed by atoms with E-state index >= 15 is 0 Å². The fourth-order valence-electron chi connectivity index (χ4n) is 1.81. The van der Waals surface area contributed by atoms with Crippen molar-refractivity contribution < 1.29 is 0 Å². The minimum atomic E-state index is 0.522. The van der Waals surface area contributed by atoms with E-state index in [0.29, 0.717) is 6.04 Å². The van der Waals surface area contributed by atoms with E-state index in [0.717, 1.165) is 12.1 Å². The summed E-state index contributed by atoms with van der Waals surface area (Å²) in [5.41, 5.74) is 2.30. The van der Waals surface area contributed by atoms with Gasteiger partial charge in [0, 0.05) is 11.6 Å². The normalized spacial score (nSPS) is 21.3. The van der Waals surface area contributed by atoms with Crippen LogP contribution in [0.4, 0.5) is 0 Å². The predicted octanol–water partition coefficient (Wildman–Crippen LogP) is 2.09. The van der Waals surface area contributed by atoms with Crippen LogP contribution in [-0.4, -0.2) is 6.54 Å². The molecule has 66 valence electrons. The Balaban J connectivity index is 2.25. The molecule has 1 aromatic rings. The van der Waals surface area contributed by atoms with Gasteiger partial charge in [-0.2, -0.15) is 0 Å². The van der Waals surface area contributed by atoms with Crippen LogP contribution in [0.25, 0.3) is 0 Å². The number of benzene rings is 1. The Hall–Kier alpha value is -1.26. The van der Waals surface area contributed by atoms with Crippen LogP contribution in [0.3, 0.4) is 0 Å². The van der Waals surface area contributed by atoms with Crippen molar-refractivity contribution in [2.45, 2.75) is 18.9 Å². The summed E-state index contributed by atoms with van der Waals surface area (Å²) in [6, 6.07) is 8.77. The predicted molar refractivity (Wildman–Crippen MR) is 54.4 cm³/mol. The van der Waals surface area contributed by atoms with Crippen LogP contribution in [0, 0.1) is 12.3 Å². The van der Waals surface area contributed by atoms with Crippen LogP contribution in [0.2, 0.25) is 0 Å². The molecule has 0 unspecified atom stereocenters. The molecule has 0 aromatic heterocycles. The van der Waals surface area contributed by atoms with Gasteiger partial charge in [-0.25, -0.2) is 0 Å². The highest BCUT2D eigenvalue weighted by molar-refractivity contribution is 5.36. The molecule has 1 aliphatic rings. The van der Waals surface area contributed by atoms with E-state index in [1.165, 1.54) is 18.4 Å². The molecule has 0 spiro atoms. The van der Waals surface area contributed by atoms with Crippen LogP contribution < -0.4 is 5.32 Å². The van der Waals surface area contributed by atoms with Gasteiger partial charge in [-0.1, -0.05) is 18.1 Å². The van der Waals surface area contributed by atoms with E-state index in [1.54, 1.807) is 0 Å². The maximum atomic E-state index is 5.35. The third-order valence-electron chi connectivity index (χ3n) is 2.52. The summed E-state index contributed by atoms with van der Waals surface area (Å²) < 4.78 is 0. The summed E-state index contributed by atoms with van der Waals surface area (Å²) in [7, 11) is 0. The van der Waals surface area contributed by atoms with Gasteiger partial charge in [0.25, 0.3) is 0 Å². The first kappa shape index (κ1) is 8.34. The molecule has 2 rings (SSSR count). The molecule has 0 amide bonds. The standard InChI is InChI=1S/C12H13N/c1-2-10-5-3-6-11(9-10)12-7-4-8-13-12/h1,3,5-6,9,12-13H,4,7-8H2/t12-/m1/s1. The van der Waals surface area contributed by atoms with Crippen molar-refractivity contribution in [3.63, 3.8) is 0 Å². The first-order valence-corrected chi connectivity index (χ1v) is 4.70. The number of nitrogens with one attached hydrogen (secondary N) is 1. The Bertz CT molecular complexity index is 329. The van der Waals surface area contributed by atoms with Crippen molar-refractivity contribution in [2.24, 2.45) is 0 Å². The molecule has 1 N–H and O–H groups in total. The average molecular weight is 171 g/mol. The lowest BCUT2D eigenvalue weighted by Crippen LogP contribution is -2.12. The minimum Gasteiger partial charge on any atom is -0.310 e. The van der Waals surface area contributed by atoms with E-state index in [1.807, 2.05) is 12.1 Å². The van der Waals surface area contributed by atoms with E-state index in [2.05, 4.69) is 23.4 Å². The van der Waals surface area contributed by atoms with Crippen LogP contribution >= 0.6 is 0 Å². The molecule has 1 aliphatic heterocycles. The lowest BCUT2D eigenvalue weighted by atomic mass is 10.0. The average Bonchev–Trinajstić information content (AvgIpc) is 2.71. The lowest BCUT2D eigenvalue weighted by Gasteiger charge is -2.10. The van der Waals surface area contributed by atoms with E-state index in [9.17, 15) is 0 Å². The maximum absolute atomic E-state index is 5.35. The Morgan fingerprint density at radius 2 is 2.38 bits per heavy atom. The molecule has 1 atom stereocenters. The van der Waals surface area contributed by atoms with E-state index in [4.69, 9.17) is 6.42 Å². The van der Waals surface area contributed by atoms with Gasteiger partial charge in [-0.15, -0.1) is 6.42 Å². The molecule has 0 bridgehead atoms. The van der Waals surface area contributed by atoms with Crippen LogP contribution in [0.5, 0.6) is 0 Å². The molecule has 0 radical (unpaired) electrons. The number of terminal acetylenes is 1. The maximum Gasteiger partial charge on any atom is 0.0321 e. The summed E-state index contributed by atoms with van der Waals surface area (Å²) in [4.78, 5) is 0. The van der Waals surface area contributed by atoms with E-state index < -0.39 is 0 Å². The third kappa shape index (κ3) is 1.74. The summed E-state index contributed by atoms with van der Waals surface area (Å²) in [5, 5.41) is 3.46. The summed E-state index contributed by atoms with van der Waals surface area (Å²) in [6.07, 6.45) is 7.85. The van der Waals surface area contributed by atoms with Crippen molar-refractivity contribution in [1.82, 2.24) is 5.32 Å². The molecule has 1 heteroatoms. The van der Waals surface area contributed by atoms with Gasteiger partial charge in [0.15, 0.2) is 0 Å². The molecule has 0 aliphatic carbocycles. The molecule has 1 saturated heterocycles. The van der Waals surface area contributed by atoms with Crippen LogP contribution in [0.15, 0.2) is 24.3 Å². The topological polar surface area (TPSA) is 12.0 Å². The van der Waals surface area contributed by atoms with Gasteiger partial charge in [0.2, 0.25) is 0 Å². The Morgan fingerprint density at radius 1 is 1.46 bits per heavy atom. The van der Waals surface area contributed by atoms with Gasteiger partial charge in [0.05, 0.1) is 0 Å². The zero-order chi connectivity index (χ0) is 9.10. The lowest BCUT2D eigenvalue weighted by molar-refractivity contribution is 0.647. The van der Waals surface area contributed by atoms with Crippen LogP contribution in [-0.2, 0) is 0 Å². The number of rotatable bonds is 1. The van der Waals surface area contributed by atoms with Crippen molar-refractivity contribution in [3.8, 4) is 12.3 Å². The van der Waals surface area contributed by atoms with Crippen molar-refractivity contribution in [3.05, 3.63) is 35.4 Å². The highest BCUT2D eigenvalue weighted by atomic mass is 14.9. The molecular weight excluding hydrogens is 158 g/mol. The Kier molecular flexibility index (Phi) is 2.33. The molecule has 1 aromatic carbocycles. The van der Waals surface area contributed by atoms with Gasteiger partial charge in [-0.3, -0.25) is 0 Å². The molecular formula is C12H13N. The zero-order valence-corrected chi connectivity index (χ0v) is 7.59. The van der Waals surface area contributed by atoms with Gasteiger partial charge in [-0.05, 0) is 37.1 Å². The second-order valence-electron chi connectivity index (χ2n) is 3.42. The van der Waals surface area contributed by atoms with E-state index in [-0.39, 0.29) is 0 Å². The first-order valence-electron chi connectivity index (χ1n) is 4.70. The fourth-order valence-corrected chi connectivity index (χ4v) is 1.81. The van der Waals surface area contributed by atoms with Gasteiger partial charge >= 0.3 is 0 Å². The molecule has 13 heavy (non-hydrogen) atoms. The summed E-state index contributed by atoms with van der Waals surface area (Å²) in [6.45, 7) is 1.13. The quantitative estimate of drug-likeness (QED) is 0.638. The number of hydrogen-bond donors (Lipinski definition) is 1. The molecule has 1 heterocycles. The summed E-state index contributed by atoms with van der Waals surface area (Å²) in [5.74, 6) is 2.66. The van der Waals surface area contributed by atoms with Crippen LogP contribution in [0.1, 0.15) is 30.0 Å². The second kappa shape index (κ2) is 3.64. The molecule has 1 fully saturated rings. The van der Waals surface area contributed by atoms with Gasteiger partial charge < -0.3 is 5.32 Å². The smallest absolute Gasteiger partial charge is 0.0321 e. The molecule has 1 nitrogen and oxygen atoms in total. The van der Waals surface area contributed by atoms with Crippen molar-refractivity contribution in [2.75, 3.05) is 6.54 Å². The summed E-state index contributed by atoms with van der Waals surface area (Å²) >= 11 is 0. The van der Waals surface area contributed by atoms with Crippen molar-refractivity contribution >= 4 is 0 Å².